The third-order valence-corrected chi connectivity index (χ3v) is 3.37. The molecule has 0 aliphatic carbocycles. The summed E-state index contributed by atoms with van der Waals surface area (Å²) in [5, 5.41) is 8.94. The first-order valence-electron chi connectivity index (χ1n) is 4.42. The van der Waals surface area contributed by atoms with Crippen LogP contribution in [0.4, 0.5) is 0 Å². The van der Waals surface area contributed by atoms with E-state index in [1.807, 2.05) is 18.2 Å². The van der Waals surface area contributed by atoms with Gasteiger partial charge in [-0.3, -0.25) is 14.8 Å². The molecule has 0 spiro atoms. The second-order valence-electron chi connectivity index (χ2n) is 3.15. The van der Waals surface area contributed by atoms with Crippen molar-refractivity contribution in [3.05, 3.63) is 35.9 Å². The zero-order valence-corrected chi connectivity index (χ0v) is 8.61. The third kappa shape index (κ3) is 1.88. The van der Waals surface area contributed by atoms with E-state index in [0.29, 0.717) is 0 Å². The molecule has 1 aliphatic heterocycles. The van der Waals surface area contributed by atoms with Crippen LogP contribution in [0.1, 0.15) is 10.8 Å². The lowest BCUT2D eigenvalue weighted by atomic mass is 10.1. The molecule has 1 aromatic carbocycles. The van der Waals surface area contributed by atoms with Crippen LogP contribution in [0.2, 0.25) is 0 Å². The number of carbonyl (C=O) groups is 2. The normalized spacial score (nSPS) is 21.9. The van der Waals surface area contributed by atoms with E-state index in [4.69, 9.17) is 0 Å². The highest BCUT2D eigenvalue weighted by Gasteiger charge is 2.34. The van der Waals surface area contributed by atoms with Crippen LogP contribution in [0.3, 0.4) is 0 Å². The maximum Gasteiger partial charge on any atom is 0.270 e. The topological polar surface area (TPSA) is 57.6 Å². The monoisotopic (exact) mass is 223 g/mol. The second kappa shape index (κ2) is 4.04. The fourth-order valence-corrected chi connectivity index (χ4v) is 2.41. The van der Waals surface area contributed by atoms with Gasteiger partial charge in [0.1, 0.15) is 5.25 Å². The van der Waals surface area contributed by atoms with Crippen molar-refractivity contribution < 1.29 is 14.8 Å². The molecule has 1 fully saturated rings. The Labute approximate surface area is 90.8 Å². The Morgan fingerprint density at radius 3 is 2.60 bits per heavy atom. The maximum atomic E-state index is 11.6. The Hall–Kier alpha value is -1.33. The first-order chi connectivity index (χ1) is 7.20. The van der Waals surface area contributed by atoms with Crippen molar-refractivity contribution in [2.24, 2.45) is 0 Å². The van der Waals surface area contributed by atoms with Crippen LogP contribution in [-0.2, 0) is 9.59 Å². The number of hydroxylamine groups is 2. The van der Waals surface area contributed by atoms with Gasteiger partial charge < -0.3 is 0 Å². The van der Waals surface area contributed by atoms with E-state index in [2.05, 4.69) is 0 Å². The smallest absolute Gasteiger partial charge is 0.270 e. The summed E-state index contributed by atoms with van der Waals surface area (Å²) in [6.07, 6.45) is 0. The lowest BCUT2D eigenvalue weighted by molar-refractivity contribution is -0.177. The average Bonchev–Trinajstić information content (AvgIpc) is 2.27. The molecule has 1 aromatic rings. The van der Waals surface area contributed by atoms with Crippen molar-refractivity contribution in [3.63, 3.8) is 0 Å². The minimum absolute atomic E-state index is 0.127. The number of rotatable bonds is 1. The number of hydrogen-bond acceptors (Lipinski definition) is 4. The fraction of sp³-hybridized carbons (Fsp3) is 0.200. The van der Waals surface area contributed by atoms with Gasteiger partial charge in [-0.25, -0.2) is 0 Å². The molecule has 78 valence electrons. The van der Waals surface area contributed by atoms with E-state index in [-0.39, 0.29) is 10.8 Å². The van der Waals surface area contributed by atoms with Crippen LogP contribution >= 0.6 is 11.8 Å². The molecule has 15 heavy (non-hydrogen) atoms. The molecule has 1 aliphatic rings. The molecular formula is C10H9NO3S. The quantitative estimate of drug-likeness (QED) is 0.574. The molecule has 0 saturated carbocycles. The van der Waals surface area contributed by atoms with Crippen molar-refractivity contribution in [2.75, 3.05) is 5.75 Å². The minimum atomic E-state index is -0.567. The fourth-order valence-electron chi connectivity index (χ4n) is 1.39. The van der Waals surface area contributed by atoms with E-state index >= 15 is 0 Å². The Morgan fingerprint density at radius 2 is 1.93 bits per heavy atom. The van der Waals surface area contributed by atoms with Crippen molar-refractivity contribution in [1.82, 2.24) is 5.06 Å². The highest BCUT2D eigenvalue weighted by atomic mass is 32.2. The molecule has 1 atom stereocenters. The maximum absolute atomic E-state index is 11.6. The van der Waals surface area contributed by atoms with Gasteiger partial charge in [0.15, 0.2) is 0 Å². The van der Waals surface area contributed by atoms with Crippen LogP contribution in [0.5, 0.6) is 0 Å². The molecule has 0 aromatic heterocycles. The van der Waals surface area contributed by atoms with Gasteiger partial charge in [-0.1, -0.05) is 30.3 Å². The number of nitrogens with zero attached hydrogens (tertiary/aromatic N) is 1. The van der Waals surface area contributed by atoms with E-state index in [9.17, 15) is 14.8 Å². The van der Waals surface area contributed by atoms with E-state index in [0.717, 1.165) is 5.56 Å². The van der Waals surface area contributed by atoms with Crippen LogP contribution in [0.15, 0.2) is 30.3 Å². The van der Waals surface area contributed by atoms with E-state index in [1.165, 1.54) is 11.8 Å². The molecular weight excluding hydrogens is 214 g/mol. The molecule has 1 unspecified atom stereocenters. The molecule has 5 heteroatoms. The highest BCUT2D eigenvalue weighted by molar-refractivity contribution is 8.01. The van der Waals surface area contributed by atoms with Gasteiger partial charge in [-0.05, 0) is 5.56 Å². The van der Waals surface area contributed by atoms with Gasteiger partial charge in [0.25, 0.3) is 11.8 Å². The summed E-state index contributed by atoms with van der Waals surface area (Å²) < 4.78 is 0. The van der Waals surface area contributed by atoms with Crippen molar-refractivity contribution >= 4 is 23.6 Å². The van der Waals surface area contributed by atoms with E-state index < -0.39 is 17.1 Å². The van der Waals surface area contributed by atoms with Gasteiger partial charge in [0.05, 0.1) is 5.75 Å². The average molecular weight is 223 g/mol. The number of imide groups is 1. The summed E-state index contributed by atoms with van der Waals surface area (Å²) in [6, 6.07) is 9.10. The lowest BCUT2D eigenvalue weighted by Gasteiger charge is -2.25. The summed E-state index contributed by atoms with van der Waals surface area (Å²) in [4.78, 5) is 22.6. The van der Waals surface area contributed by atoms with E-state index in [1.54, 1.807) is 12.1 Å². The second-order valence-corrected chi connectivity index (χ2v) is 4.24. The number of benzene rings is 1. The third-order valence-electron chi connectivity index (χ3n) is 2.15. The summed E-state index contributed by atoms with van der Waals surface area (Å²) >= 11 is 1.24. The molecule has 1 N–H and O–H groups in total. The Morgan fingerprint density at radius 1 is 1.27 bits per heavy atom. The predicted molar refractivity (Wildman–Crippen MR) is 55.3 cm³/mol. The van der Waals surface area contributed by atoms with Gasteiger partial charge in [-0.15, -0.1) is 11.8 Å². The Balaban J connectivity index is 2.25. The van der Waals surface area contributed by atoms with Gasteiger partial charge in [0.2, 0.25) is 0 Å². The molecule has 0 bridgehead atoms. The molecule has 1 saturated heterocycles. The first-order valence-corrected chi connectivity index (χ1v) is 5.47. The van der Waals surface area contributed by atoms with Crippen molar-refractivity contribution in [2.45, 2.75) is 5.25 Å². The molecule has 0 radical (unpaired) electrons. The van der Waals surface area contributed by atoms with Crippen LogP contribution in [0, 0.1) is 0 Å². The van der Waals surface area contributed by atoms with Gasteiger partial charge >= 0.3 is 0 Å². The van der Waals surface area contributed by atoms with Crippen molar-refractivity contribution in [3.8, 4) is 0 Å². The SMILES string of the molecule is O=C1CSC(c2ccccc2)C(=O)N1O. The number of amides is 2. The standard InChI is InChI=1S/C10H9NO3S/c12-8-6-15-9(10(13)11(8)14)7-4-2-1-3-5-7/h1-5,9,14H,6H2. The largest absolute Gasteiger partial charge is 0.278 e. The molecule has 1 heterocycles. The Bertz CT molecular complexity index is 393. The number of carbonyl (C=O) groups excluding carboxylic acids is 2. The van der Waals surface area contributed by atoms with Crippen LogP contribution < -0.4 is 0 Å². The predicted octanol–water partition coefficient (Wildman–Crippen LogP) is 1.22. The van der Waals surface area contributed by atoms with Gasteiger partial charge in [-0.2, -0.15) is 5.06 Å². The first kappa shape index (κ1) is 10.2. The molecule has 4 nitrogen and oxygen atoms in total. The zero-order chi connectivity index (χ0) is 10.8. The zero-order valence-electron chi connectivity index (χ0n) is 7.79. The Kier molecular flexibility index (Phi) is 2.75. The number of thioether (sulfide) groups is 1. The highest BCUT2D eigenvalue weighted by Crippen LogP contribution is 2.33. The van der Waals surface area contributed by atoms with Gasteiger partial charge in [0, 0.05) is 0 Å². The van der Waals surface area contributed by atoms with Crippen molar-refractivity contribution in [1.29, 1.82) is 0 Å². The molecule has 2 rings (SSSR count). The molecule has 2 amide bonds. The summed E-state index contributed by atoms with van der Waals surface area (Å²) in [6.45, 7) is 0. The minimum Gasteiger partial charge on any atom is -0.278 e. The van der Waals surface area contributed by atoms with Crippen LogP contribution in [0.25, 0.3) is 0 Å². The summed E-state index contributed by atoms with van der Waals surface area (Å²) in [7, 11) is 0. The summed E-state index contributed by atoms with van der Waals surface area (Å²) in [5.74, 6) is -0.999. The lowest BCUT2D eigenvalue weighted by Crippen LogP contribution is -2.41. The summed E-state index contributed by atoms with van der Waals surface area (Å²) in [5.41, 5.74) is 0.805. The van der Waals surface area contributed by atoms with Crippen LogP contribution in [-0.4, -0.2) is 27.8 Å². The number of hydrogen-bond donors (Lipinski definition) is 1.